The molecular formula is C8H17NO13P2. The predicted molar refractivity (Wildman–Crippen MR) is 74.7 cm³/mol. The first-order valence-electron chi connectivity index (χ1n) is 5.76. The highest BCUT2D eigenvalue weighted by Gasteiger charge is 2.24. The molecule has 0 rings (SSSR count). The molecular weight excluding hydrogens is 380 g/mol. The number of carboxylic acid groups (broad SMARTS) is 3. The van der Waals surface area contributed by atoms with Crippen molar-refractivity contribution in [2.45, 2.75) is 0 Å². The molecule has 0 heterocycles. The summed E-state index contributed by atoms with van der Waals surface area (Å²) >= 11 is 0. The zero-order valence-corrected chi connectivity index (χ0v) is 13.7. The van der Waals surface area contributed by atoms with Gasteiger partial charge in [-0.2, -0.15) is 4.67 Å². The van der Waals surface area contributed by atoms with Gasteiger partial charge in [0.1, 0.15) is 0 Å². The van der Waals surface area contributed by atoms with Gasteiger partial charge in [0, 0.05) is 0 Å². The lowest BCUT2D eigenvalue weighted by Gasteiger charge is -2.14. The van der Waals surface area contributed by atoms with E-state index in [1.54, 1.807) is 0 Å². The van der Waals surface area contributed by atoms with Crippen molar-refractivity contribution >= 4 is 33.1 Å². The quantitative estimate of drug-likeness (QED) is 0.125. The van der Waals surface area contributed by atoms with E-state index in [2.05, 4.69) is 4.67 Å². The summed E-state index contributed by atoms with van der Waals surface area (Å²) in [7, 11) is -8.51. The molecule has 14 nitrogen and oxygen atoms in total. The minimum absolute atomic E-state index is 0.599. The van der Waals surface area contributed by atoms with Crippen LogP contribution in [0, 0.1) is 0 Å². The van der Waals surface area contributed by atoms with E-state index in [9.17, 15) is 23.5 Å². The lowest BCUT2D eigenvalue weighted by atomic mass is 10.4. The molecule has 24 heavy (non-hydrogen) atoms. The van der Waals surface area contributed by atoms with Gasteiger partial charge in [-0.05, 0) is 0 Å². The molecule has 0 aliphatic carbocycles. The zero-order valence-electron chi connectivity index (χ0n) is 12.0. The molecule has 0 aromatic rings. The number of carboxylic acids is 3. The van der Waals surface area contributed by atoms with E-state index in [-0.39, 0.29) is 0 Å². The van der Waals surface area contributed by atoms with E-state index in [4.69, 9.17) is 35.3 Å². The predicted octanol–water partition coefficient (Wildman–Crippen LogP) is -1.62. The molecule has 0 aliphatic heterocycles. The minimum atomic E-state index is -4.30. The summed E-state index contributed by atoms with van der Waals surface area (Å²) in [6, 6.07) is 0. The van der Waals surface area contributed by atoms with Gasteiger partial charge in [-0.1, -0.05) is 0 Å². The van der Waals surface area contributed by atoms with Crippen LogP contribution in [0.25, 0.3) is 0 Å². The Bertz CT molecular complexity index is 490. The van der Waals surface area contributed by atoms with Crippen molar-refractivity contribution in [1.29, 1.82) is 0 Å². The highest BCUT2D eigenvalue weighted by molar-refractivity contribution is 7.56. The van der Waals surface area contributed by atoms with Crippen LogP contribution >= 0.6 is 15.2 Å². The number of hydrogen-bond donors (Lipinski definition) is 7. The molecule has 0 aromatic heterocycles. The number of nitrogens with zero attached hydrogens (tertiary/aromatic N) is 1. The summed E-state index contributed by atoms with van der Waals surface area (Å²) in [6.07, 6.45) is -1.56. The van der Waals surface area contributed by atoms with Crippen molar-refractivity contribution in [1.82, 2.24) is 4.90 Å². The zero-order chi connectivity index (χ0) is 19.6. The van der Waals surface area contributed by atoms with Gasteiger partial charge in [0.25, 0.3) is 0 Å². The molecule has 16 heteroatoms. The van der Waals surface area contributed by atoms with Crippen molar-refractivity contribution < 1.29 is 63.4 Å². The number of rotatable bonds is 10. The van der Waals surface area contributed by atoms with Gasteiger partial charge in [0.15, 0.2) is 0 Å². The Morgan fingerprint density at radius 1 is 0.792 bits per heavy atom. The van der Waals surface area contributed by atoms with Crippen LogP contribution < -0.4 is 0 Å². The molecule has 0 aliphatic rings. The molecule has 0 fully saturated rings. The first kappa shape index (κ1) is 24.9. The normalized spacial score (nSPS) is 13.5. The van der Waals surface area contributed by atoms with Crippen molar-refractivity contribution in [2.75, 3.05) is 32.0 Å². The van der Waals surface area contributed by atoms with E-state index in [1.807, 2.05) is 0 Å². The van der Waals surface area contributed by atoms with Crippen molar-refractivity contribution in [3.63, 3.8) is 0 Å². The first-order chi connectivity index (χ1) is 10.7. The third-order valence-electron chi connectivity index (χ3n) is 1.88. The van der Waals surface area contributed by atoms with E-state index >= 15 is 0 Å². The van der Waals surface area contributed by atoms with Gasteiger partial charge in [-0.15, -0.1) is 0 Å². The molecule has 0 saturated carbocycles. The van der Waals surface area contributed by atoms with Crippen LogP contribution in [0.3, 0.4) is 0 Å². The standard InChI is InChI=1S/C6H9NO6.C2H8O7P2/c8-4(9)1-7(2-5(10)11)3-6(12)13;3-9-11(7,8)2-1-10(4,5)6/h1-3H2,(H,8,9)(H,10,11)(H,12,13);3H,1-2H2,(H,7,8)(H2,4,5,6). The maximum absolute atomic E-state index is 10.4. The molecule has 0 amide bonds. The topological polar surface area (TPSA) is 239 Å². The van der Waals surface area contributed by atoms with E-state index in [0.29, 0.717) is 0 Å². The van der Waals surface area contributed by atoms with Crippen LogP contribution in [-0.2, 0) is 28.2 Å². The van der Waals surface area contributed by atoms with Gasteiger partial charge >= 0.3 is 33.1 Å². The van der Waals surface area contributed by atoms with Gasteiger partial charge in [0.05, 0.1) is 32.0 Å². The maximum Gasteiger partial charge on any atom is 0.355 e. The third kappa shape index (κ3) is 18.7. The Hall–Kier alpha value is -1.37. The molecule has 142 valence electrons. The third-order valence-corrected chi connectivity index (χ3v) is 4.08. The molecule has 0 bridgehead atoms. The van der Waals surface area contributed by atoms with Crippen LogP contribution in [0.4, 0.5) is 0 Å². The fourth-order valence-electron chi connectivity index (χ4n) is 1.04. The van der Waals surface area contributed by atoms with E-state index in [1.165, 1.54) is 0 Å². The SMILES string of the molecule is O=C(O)CN(CC(=O)O)CC(=O)O.O=P(O)(O)CCP(=O)(O)OO. The maximum atomic E-state index is 10.4. The number of hydrogen-bond acceptors (Lipinski definition) is 8. The van der Waals surface area contributed by atoms with E-state index in [0.717, 1.165) is 4.90 Å². The summed E-state index contributed by atoms with van der Waals surface area (Å²) in [4.78, 5) is 56.1. The van der Waals surface area contributed by atoms with Gasteiger partial charge in [-0.25, -0.2) is 5.26 Å². The molecule has 0 aromatic carbocycles. The molecule has 7 N–H and O–H groups in total. The Morgan fingerprint density at radius 3 is 1.33 bits per heavy atom. The Kier molecular flexibility index (Phi) is 11.6. The first-order valence-corrected chi connectivity index (χ1v) is 9.32. The highest BCUT2D eigenvalue weighted by Crippen LogP contribution is 2.45. The minimum Gasteiger partial charge on any atom is -0.480 e. The van der Waals surface area contributed by atoms with Gasteiger partial charge in [-0.3, -0.25) is 28.4 Å². The van der Waals surface area contributed by atoms with Crippen LogP contribution in [0.1, 0.15) is 0 Å². The lowest BCUT2D eigenvalue weighted by Crippen LogP contribution is -2.38. The summed E-state index contributed by atoms with van der Waals surface area (Å²) in [6.45, 7) is -1.80. The van der Waals surface area contributed by atoms with Crippen LogP contribution in [-0.4, -0.2) is 90.0 Å². The second-order valence-corrected chi connectivity index (χ2v) is 7.82. The Morgan fingerprint density at radius 2 is 1.12 bits per heavy atom. The average molecular weight is 397 g/mol. The monoisotopic (exact) mass is 397 g/mol. The summed E-state index contributed by atoms with van der Waals surface area (Å²) in [5, 5.41) is 32.6. The number of carbonyl (C=O) groups is 3. The molecule has 1 unspecified atom stereocenters. The highest BCUT2D eigenvalue weighted by atomic mass is 31.2. The fourth-order valence-corrected chi connectivity index (χ4v) is 3.17. The summed E-state index contributed by atoms with van der Waals surface area (Å²) in [5.41, 5.74) is 0. The van der Waals surface area contributed by atoms with E-state index < -0.39 is 65.1 Å². The van der Waals surface area contributed by atoms with Crippen molar-refractivity contribution in [2.24, 2.45) is 0 Å². The average Bonchev–Trinajstić information content (AvgIpc) is 2.34. The summed E-state index contributed by atoms with van der Waals surface area (Å²) < 4.78 is 23.6. The molecule has 1 atom stereocenters. The molecule has 0 spiro atoms. The smallest absolute Gasteiger partial charge is 0.355 e. The fraction of sp³-hybridized carbons (Fsp3) is 0.625. The van der Waals surface area contributed by atoms with Crippen LogP contribution in [0.2, 0.25) is 0 Å². The van der Waals surface area contributed by atoms with Crippen molar-refractivity contribution in [3.05, 3.63) is 0 Å². The summed E-state index contributed by atoms with van der Waals surface area (Å²) in [5.74, 6) is -3.78. The lowest BCUT2D eigenvalue weighted by molar-refractivity contribution is -0.145. The Labute approximate surface area is 134 Å². The second kappa shape index (κ2) is 11.2. The van der Waals surface area contributed by atoms with Crippen LogP contribution in [0.15, 0.2) is 0 Å². The number of aliphatic carboxylic acids is 3. The Balaban J connectivity index is 0. The molecule has 0 saturated heterocycles. The second-order valence-electron chi connectivity index (χ2n) is 4.16. The van der Waals surface area contributed by atoms with Crippen molar-refractivity contribution in [3.8, 4) is 0 Å². The largest absolute Gasteiger partial charge is 0.480 e. The van der Waals surface area contributed by atoms with Gasteiger partial charge < -0.3 is 30.0 Å². The van der Waals surface area contributed by atoms with Crippen LogP contribution in [0.5, 0.6) is 0 Å². The molecule has 0 radical (unpaired) electrons. The van der Waals surface area contributed by atoms with Gasteiger partial charge in [0.2, 0.25) is 0 Å².